The SMILES string of the molecule is C[C@@H]1Cc2[nH]c3ccccc3c2[C@@H](c2c(F)cc(NC3CN(CCCF)C3)cc2F)N1CC(F)F. The number of hydrogen-bond donors (Lipinski definition) is 2. The standard InChI is InChI=1S/C26H29F5N4/c1-15-9-22-24(18-5-2-3-6-21(18)33-22)26(35(15)14-23(30)31)25-19(28)10-16(11-20(25)29)32-17-12-34(13-17)8-4-7-27/h2-3,5-6,10-11,15,17,23,26,32-33H,4,7-9,12-14H2,1H3/t15-,26+/m1/s1. The minimum absolute atomic E-state index is 0.0181. The Hall–Kier alpha value is -2.65. The number of aromatic nitrogens is 1. The van der Waals surface area contributed by atoms with E-state index in [2.05, 4.69) is 15.2 Å². The summed E-state index contributed by atoms with van der Waals surface area (Å²) in [4.78, 5) is 6.91. The summed E-state index contributed by atoms with van der Waals surface area (Å²) in [5.74, 6) is -1.54. The van der Waals surface area contributed by atoms with Gasteiger partial charge in [0.15, 0.2) is 0 Å². The van der Waals surface area contributed by atoms with Gasteiger partial charge in [0.2, 0.25) is 0 Å². The van der Waals surface area contributed by atoms with Crippen molar-refractivity contribution >= 4 is 16.6 Å². The minimum atomic E-state index is -2.64. The van der Waals surface area contributed by atoms with E-state index in [-0.39, 0.29) is 24.3 Å². The van der Waals surface area contributed by atoms with Crippen molar-refractivity contribution in [3.8, 4) is 0 Å². The van der Waals surface area contributed by atoms with E-state index in [9.17, 15) is 13.2 Å². The van der Waals surface area contributed by atoms with Crippen molar-refractivity contribution in [1.82, 2.24) is 14.8 Å². The third kappa shape index (κ3) is 4.63. The molecule has 0 unspecified atom stereocenters. The summed E-state index contributed by atoms with van der Waals surface area (Å²) in [5, 5.41) is 3.92. The molecule has 0 saturated carbocycles. The number of likely N-dealkylation sites (tertiary alicyclic amines) is 1. The number of rotatable bonds is 8. The van der Waals surface area contributed by atoms with Crippen LogP contribution in [0.15, 0.2) is 36.4 Å². The molecular formula is C26H29F5N4. The number of benzene rings is 2. The molecule has 3 aromatic rings. The van der Waals surface area contributed by atoms with Gasteiger partial charge in [-0.05, 0) is 31.5 Å². The van der Waals surface area contributed by atoms with Crippen LogP contribution < -0.4 is 5.32 Å². The number of anilines is 1. The highest BCUT2D eigenvalue weighted by Gasteiger charge is 2.40. The molecular weight excluding hydrogens is 463 g/mol. The number of para-hydroxylation sites is 1. The Morgan fingerprint density at radius 2 is 1.80 bits per heavy atom. The molecule has 2 N–H and O–H groups in total. The van der Waals surface area contributed by atoms with E-state index in [0.29, 0.717) is 43.7 Å². The Bertz CT molecular complexity index is 1170. The van der Waals surface area contributed by atoms with Crippen LogP contribution in [0.1, 0.15) is 36.2 Å². The molecule has 0 radical (unpaired) electrons. The van der Waals surface area contributed by atoms with E-state index in [1.807, 2.05) is 24.3 Å². The molecule has 4 nitrogen and oxygen atoms in total. The van der Waals surface area contributed by atoms with Gasteiger partial charge in [0.1, 0.15) is 11.6 Å². The zero-order valence-corrected chi connectivity index (χ0v) is 19.5. The van der Waals surface area contributed by atoms with Crippen molar-refractivity contribution in [3.05, 3.63) is 64.9 Å². The molecule has 0 bridgehead atoms. The largest absolute Gasteiger partial charge is 0.380 e. The quantitative estimate of drug-likeness (QED) is 0.408. The second-order valence-corrected chi connectivity index (χ2v) is 9.60. The van der Waals surface area contributed by atoms with Gasteiger partial charge in [-0.25, -0.2) is 17.6 Å². The van der Waals surface area contributed by atoms with Crippen LogP contribution in [0.5, 0.6) is 0 Å². The number of aromatic amines is 1. The molecule has 5 rings (SSSR count). The van der Waals surface area contributed by atoms with Gasteiger partial charge < -0.3 is 10.3 Å². The fourth-order valence-electron chi connectivity index (χ4n) is 5.57. The highest BCUT2D eigenvalue weighted by Crippen LogP contribution is 2.44. The summed E-state index contributed by atoms with van der Waals surface area (Å²) in [6.45, 7) is 2.86. The van der Waals surface area contributed by atoms with Gasteiger partial charge in [0.05, 0.1) is 25.3 Å². The molecule has 2 aromatic carbocycles. The second-order valence-electron chi connectivity index (χ2n) is 9.60. The smallest absolute Gasteiger partial charge is 0.251 e. The summed E-state index contributed by atoms with van der Waals surface area (Å²) in [6, 6.07) is 8.62. The van der Waals surface area contributed by atoms with Crippen molar-refractivity contribution in [2.24, 2.45) is 0 Å². The van der Waals surface area contributed by atoms with Crippen LogP contribution in [0.3, 0.4) is 0 Å². The fraction of sp³-hybridized carbons (Fsp3) is 0.462. The van der Waals surface area contributed by atoms with E-state index in [1.165, 1.54) is 17.0 Å². The maximum atomic E-state index is 15.6. The summed E-state index contributed by atoms with van der Waals surface area (Å²) in [5.41, 5.74) is 2.38. The molecule has 188 valence electrons. The van der Waals surface area contributed by atoms with Gasteiger partial charge in [-0.3, -0.25) is 14.2 Å². The van der Waals surface area contributed by atoms with Crippen LogP contribution in [0, 0.1) is 11.6 Å². The monoisotopic (exact) mass is 492 g/mol. The van der Waals surface area contributed by atoms with E-state index < -0.39 is 30.6 Å². The van der Waals surface area contributed by atoms with Gasteiger partial charge in [-0.2, -0.15) is 0 Å². The molecule has 0 aliphatic carbocycles. The summed E-state index contributed by atoms with van der Waals surface area (Å²) >= 11 is 0. The lowest BCUT2D eigenvalue weighted by molar-refractivity contribution is 0.0446. The number of fused-ring (bicyclic) bond motifs is 3. The van der Waals surface area contributed by atoms with Gasteiger partial charge in [-0.15, -0.1) is 0 Å². The number of alkyl halides is 3. The molecule has 0 spiro atoms. The molecule has 2 aliphatic heterocycles. The predicted molar refractivity (Wildman–Crippen MR) is 127 cm³/mol. The molecule has 1 aromatic heterocycles. The molecule has 35 heavy (non-hydrogen) atoms. The Kier molecular flexibility index (Phi) is 6.72. The first-order chi connectivity index (χ1) is 16.9. The van der Waals surface area contributed by atoms with Crippen LogP contribution >= 0.6 is 0 Å². The topological polar surface area (TPSA) is 34.3 Å². The molecule has 3 heterocycles. The van der Waals surface area contributed by atoms with Crippen molar-refractivity contribution in [2.75, 3.05) is 38.2 Å². The maximum absolute atomic E-state index is 15.6. The van der Waals surface area contributed by atoms with Crippen molar-refractivity contribution in [1.29, 1.82) is 0 Å². The van der Waals surface area contributed by atoms with Gasteiger partial charge in [0, 0.05) is 65.5 Å². The maximum Gasteiger partial charge on any atom is 0.251 e. The zero-order chi connectivity index (χ0) is 24.7. The lowest BCUT2D eigenvalue weighted by Gasteiger charge is -2.41. The summed E-state index contributed by atoms with van der Waals surface area (Å²) < 4.78 is 70.7. The van der Waals surface area contributed by atoms with E-state index >= 15 is 8.78 Å². The summed E-state index contributed by atoms with van der Waals surface area (Å²) in [6.07, 6.45) is -1.69. The van der Waals surface area contributed by atoms with E-state index in [0.717, 1.165) is 16.6 Å². The average Bonchev–Trinajstić information content (AvgIpc) is 3.14. The lowest BCUT2D eigenvalue weighted by atomic mass is 9.86. The number of H-pyrrole nitrogens is 1. The minimum Gasteiger partial charge on any atom is -0.380 e. The van der Waals surface area contributed by atoms with E-state index in [4.69, 9.17) is 0 Å². The normalized spacial score (nSPS) is 21.5. The van der Waals surface area contributed by atoms with Crippen LogP contribution in [0.25, 0.3) is 10.9 Å². The van der Waals surface area contributed by atoms with Gasteiger partial charge in [0.25, 0.3) is 6.43 Å². The number of hydrogen-bond acceptors (Lipinski definition) is 3. The van der Waals surface area contributed by atoms with Gasteiger partial charge in [-0.1, -0.05) is 18.2 Å². The fourth-order valence-corrected chi connectivity index (χ4v) is 5.57. The molecule has 1 saturated heterocycles. The van der Waals surface area contributed by atoms with Crippen LogP contribution in [-0.2, 0) is 6.42 Å². The third-order valence-corrected chi connectivity index (χ3v) is 7.14. The third-order valence-electron chi connectivity index (χ3n) is 7.14. The van der Waals surface area contributed by atoms with Gasteiger partial charge >= 0.3 is 0 Å². The Morgan fingerprint density at radius 1 is 1.09 bits per heavy atom. The zero-order valence-electron chi connectivity index (χ0n) is 19.5. The Balaban J connectivity index is 1.49. The molecule has 2 atom stereocenters. The van der Waals surface area contributed by atoms with Crippen LogP contribution in [-0.4, -0.2) is 66.1 Å². The predicted octanol–water partition coefficient (Wildman–Crippen LogP) is 5.50. The molecule has 1 fully saturated rings. The number of nitrogens with one attached hydrogen (secondary N) is 2. The molecule has 2 aliphatic rings. The molecule has 0 amide bonds. The second kappa shape index (κ2) is 9.78. The first-order valence-electron chi connectivity index (χ1n) is 12.0. The lowest BCUT2D eigenvalue weighted by Crippen LogP contribution is -2.54. The highest BCUT2D eigenvalue weighted by molar-refractivity contribution is 5.86. The highest BCUT2D eigenvalue weighted by atomic mass is 19.3. The average molecular weight is 493 g/mol. The summed E-state index contributed by atoms with van der Waals surface area (Å²) in [7, 11) is 0. The van der Waals surface area contributed by atoms with Crippen molar-refractivity contribution in [3.63, 3.8) is 0 Å². The first-order valence-corrected chi connectivity index (χ1v) is 12.0. The van der Waals surface area contributed by atoms with Crippen LogP contribution in [0.4, 0.5) is 27.6 Å². The van der Waals surface area contributed by atoms with Crippen molar-refractivity contribution in [2.45, 2.75) is 44.3 Å². The van der Waals surface area contributed by atoms with E-state index in [1.54, 1.807) is 6.92 Å². The van der Waals surface area contributed by atoms with Crippen LogP contribution in [0.2, 0.25) is 0 Å². The number of halogens is 5. The van der Waals surface area contributed by atoms with Crippen molar-refractivity contribution < 1.29 is 22.0 Å². The Morgan fingerprint density at radius 3 is 2.49 bits per heavy atom. The molecule has 9 heteroatoms. The number of nitrogens with zero attached hydrogens (tertiary/aromatic N) is 2. The first kappa shape index (κ1) is 24.1. The Labute approximate surface area is 201 Å².